The van der Waals surface area contributed by atoms with Crippen LogP contribution in [0.5, 0.6) is 0 Å². The molecule has 2 aliphatic rings. The van der Waals surface area contributed by atoms with E-state index in [1.807, 2.05) is 13.2 Å². The summed E-state index contributed by atoms with van der Waals surface area (Å²) in [6, 6.07) is 1.38. The van der Waals surface area contributed by atoms with Crippen LogP contribution in [0.4, 0.5) is 5.95 Å². The largest absolute Gasteiger partial charge is 0.359 e. The Kier molecular flexibility index (Phi) is 2.59. The van der Waals surface area contributed by atoms with E-state index in [0.29, 0.717) is 6.04 Å². The molecule has 0 saturated carbocycles. The molecule has 1 aromatic heterocycles. The number of nitrogens with one attached hydrogen (secondary N) is 1. The average Bonchev–Trinajstić information content (AvgIpc) is 2.94. The van der Waals surface area contributed by atoms with Gasteiger partial charge in [0, 0.05) is 32.0 Å². The van der Waals surface area contributed by atoms with Crippen LogP contribution >= 0.6 is 0 Å². The van der Waals surface area contributed by atoms with Crippen LogP contribution < -0.4 is 5.32 Å². The van der Waals surface area contributed by atoms with Crippen molar-refractivity contribution < 1.29 is 0 Å². The van der Waals surface area contributed by atoms with Gasteiger partial charge in [0.15, 0.2) is 0 Å². The second-order valence-electron chi connectivity index (χ2n) is 4.86. The lowest BCUT2D eigenvalue weighted by atomic mass is 9.99. The van der Waals surface area contributed by atoms with E-state index < -0.39 is 0 Å². The first-order valence-corrected chi connectivity index (χ1v) is 6.35. The lowest BCUT2D eigenvalue weighted by Gasteiger charge is -2.33. The van der Waals surface area contributed by atoms with Gasteiger partial charge in [-0.2, -0.15) is 0 Å². The average molecular weight is 220 g/mol. The highest BCUT2D eigenvalue weighted by molar-refractivity contribution is 5.26. The summed E-state index contributed by atoms with van der Waals surface area (Å²) < 4.78 is 2.33. The van der Waals surface area contributed by atoms with Gasteiger partial charge in [0.1, 0.15) is 0 Å². The highest BCUT2D eigenvalue weighted by atomic mass is 15.3. The fourth-order valence-electron chi connectivity index (χ4n) is 3.32. The summed E-state index contributed by atoms with van der Waals surface area (Å²) in [4.78, 5) is 7.01. The standard InChI is InChI=1S/C12H20N4/c1-13-12-14-6-9-16(12)11-5-8-15-7-3-2-4-10(11)15/h6,9-11H,2-5,7-8H2,1H3,(H,13,14). The zero-order valence-corrected chi connectivity index (χ0v) is 9.89. The molecule has 2 fully saturated rings. The summed E-state index contributed by atoms with van der Waals surface area (Å²) in [5.41, 5.74) is 0. The SMILES string of the molecule is CNc1nccn1C1CCN2CCCCC12. The van der Waals surface area contributed by atoms with Crippen LogP contribution in [0.2, 0.25) is 0 Å². The predicted molar refractivity (Wildman–Crippen MR) is 64.6 cm³/mol. The minimum atomic E-state index is 0.630. The minimum Gasteiger partial charge on any atom is -0.359 e. The van der Waals surface area contributed by atoms with E-state index in [-0.39, 0.29) is 0 Å². The number of anilines is 1. The fourth-order valence-corrected chi connectivity index (χ4v) is 3.32. The summed E-state index contributed by atoms with van der Waals surface area (Å²) in [5.74, 6) is 1.01. The Morgan fingerprint density at radius 1 is 1.25 bits per heavy atom. The summed E-state index contributed by atoms with van der Waals surface area (Å²) in [6.45, 7) is 2.56. The third kappa shape index (κ3) is 1.52. The van der Waals surface area contributed by atoms with Gasteiger partial charge < -0.3 is 9.88 Å². The van der Waals surface area contributed by atoms with Crippen LogP contribution in [0, 0.1) is 0 Å². The van der Waals surface area contributed by atoms with Crippen LogP contribution in [0.15, 0.2) is 12.4 Å². The zero-order chi connectivity index (χ0) is 11.0. The molecular weight excluding hydrogens is 200 g/mol. The van der Waals surface area contributed by atoms with Gasteiger partial charge in [-0.3, -0.25) is 4.90 Å². The molecule has 4 nitrogen and oxygen atoms in total. The van der Waals surface area contributed by atoms with E-state index in [4.69, 9.17) is 0 Å². The molecule has 2 saturated heterocycles. The van der Waals surface area contributed by atoms with E-state index in [1.165, 1.54) is 38.8 Å². The normalized spacial score (nSPS) is 30.3. The maximum atomic E-state index is 4.35. The van der Waals surface area contributed by atoms with Gasteiger partial charge in [0.05, 0.1) is 6.04 Å². The number of piperidine rings is 1. The van der Waals surface area contributed by atoms with Crippen LogP contribution in [-0.4, -0.2) is 40.6 Å². The third-order valence-corrected chi connectivity index (χ3v) is 4.07. The molecule has 0 aromatic carbocycles. The first-order valence-electron chi connectivity index (χ1n) is 6.35. The van der Waals surface area contributed by atoms with Gasteiger partial charge in [-0.05, 0) is 25.8 Å². The van der Waals surface area contributed by atoms with Crippen molar-refractivity contribution in [1.29, 1.82) is 0 Å². The Morgan fingerprint density at radius 2 is 2.19 bits per heavy atom. The number of hydrogen-bond donors (Lipinski definition) is 1. The number of hydrogen-bond acceptors (Lipinski definition) is 3. The highest BCUT2D eigenvalue weighted by Crippen LogP contribution is 2.36. The van der Waals surface area contributed by atoms with Gasteiger partial charge in [-0.15, -0.1) is 0 Å². The van der Waals surface area contributed by atoms with E-state index in [2.05, 4.69) is 26.0 Å². The molecular formula is C12H20N4. The minimum absolute atomic E-state index is 0.630. The Labute approximate surface area is 96.7 Å². The molecule has 2 unspecified atom stereocenters. The summed E-state index contributed by atoms with van der Waals surface area (Å²) in [6.07, 6.45) is 9.42. The molecule has 3 rings (SSSR count). The Balaban J connectivity index is 1.84. The quantitative estimate of drug-likeness (QED) is 0.824. The van der Waals surface area contributed by atoms with Crippen LogP contribution in [0.3, 0.4) is 0 Å². The first-order chi connectivity index (χ1) is 7.90. The Hall–Kier alpha value is -1.03. The van der Waals surface area contributed by atoms with Crippen molar-refractivity contribution in [3.8, 4) is 0 Å². The molecule has 1 aromatic rings. The molecule has 0 amide bonds. The lowest BCUT2D eigenvalue weighted by molar-refractivity contribution is 0.174. The van der Waals surface area contributed by atoms with E-state index >= 15 is 0 Å². The van der Waals surface area contributed by atoms with Gasteiger partial charge in [0.25, 0.3) is 0 Å². The van der Waals surface area contributed by atoms with Crippen LogP contribution in [0.25, 0.3) is 0 Å². The predicted octanol–water partition coefficient (Wildman–Crippen LogP) is 1.72. The van der Waals surface area contributed by atoms with Crippen molar-refractivity contribution in [2.24, 2.45) is 0 Å². The molecule has 0 spiro atoms. The number of nitrogens with zero attached hydrogens (tertiary/aromatic N) is 3. The summed E-state index contributed by atoms with van der Waals surface area (Å²) >= 11 is 0. The van der Waals surface area contributed by atoms with Crippen molar-refractivity contribution >= 4 is 5.95 Å². The maximum absolute atomic E-state index is 4.35. The van der Waals surface area contributed by atoms with Gasteiger partial charge in [0.2, 0.25) is 5.95 Å². The van der Waals surface area contributed by atoms with Gasteiger partial charge in [-0.1, -0.05) is 6.42 Å². The molecule has 88 valence electrons. The Bertz CT molecular complexity index is 360. The van der Waals surface area contributed by atoms with Crippen molar-refractivity contribution in [2.75, 3.05) is 25.5 Å². The molecule has 0 bridgehead atoms. The second-order valence-corrected chi connectivity index (χ2v) is 4.86. The molecule has 3 heterocycles. The fraction of sp³-hybridized carbons (Fsp3) is 0.750. The van der Waals surface area contributed by atoms with Crippen molar-refractivity contribution in [2.45, 2.75) is 37.8 Å². The Morgan fingerprint density at radius 3 is 3.06 bits per heavy atom. The van der Waals surface area contributed by atoms with Crippen LogP contribution in [-0.2, 0) is 0 Å². The molecule has 2 aliphatic heterocycles. The molecule has 4 heteroatoms. The van der Waals surface area contributed by atoms with E-state index in [1.54, 1.807) is 0 Å². The molecule has 0 radical (unpaired) electrons. The van der Waals surface area contributed by atoms with Crippen molar-refractivity contribution in [3.63, 3.8) is 0 Å². The topological polar surface area (TPSA) is 33.1 Å². The second kappa shape index (κ2) is 4.09. The zero-order valence-electron chi connectivity index (χ0n) is 9.89. The number of aromatic nitrogens is 2. The lowest BCUT2D eigenvalue weighted by Crippen LogP contribution is -2.37. The summed E-state index contributed by atoms with van der Waals surface area (Å²) in [7, 11) is 1.95. The van der Waals surface area contributed by atoms with Crippen molar-refractivity contribution in [3.05, 3.63) is 12.4 Å². The number of rotatable bonds is 2. The first kappa shape index (κ1) is 10.1. The smallest absolute Gasteiger partial charge is 0.202 e. The van der Waals surface area contributed by atoms with Crippen LogP contribution in [0.1, 0.15) is 31.7 Å². The third-order valence-electron chi connectivity index (χ3n) is 4.07. The van der Waals surface area contributed by atoms with Crippen molar-refractivity contribution in [1.82, 2.24) is 14.5 Å². The highest BCUT2D eigenvalue weighted by Gasteiger charge is 2.36. The number of fused-ring (bicyclic) bond motifs is 1. The van der Waals surface area contributed by atoms with Gasteiger partial charge >= 0.3 is 0 Å². The van der Waals surface area contributed by atoms with Gasteiger partial charge in [-0.25, -0.2) is 4.98 Å². The van der Waals surface area contributed by atoms with E-state index in [0.717, 1.165) is 12.0 Å². The molecule has 2 atom stereocenters. The monoisotopic (exact) mass is 220 g/mol. The maximum Gasteiger partial charge on any atom is 0.202 e. The molecule has 1 N–H and O–H groups in total. The number of imidazole rings is 1. The molecule has 0 aliphatic carbocycles. The van der Waals surface area contributed by atoms with E-state index in [9.17, 15) is 0 Å². The summed E-state index contributed by atoms with van der Waals surface area (Å²) in [5, 5.41) is 3.18. The molecule has 16 heavy (non-hydrogen) atoms.